The van der Waals surface area contributed by atoms with E-state index in [0.717, 1.165) is 30.3 Å². The molecule has 0 saturated heterocycles. The summed E-state index contributed by atoms with van der Waals surface area (Å²) in [7, 11) is 0. The molecular weight excluding hydrogens is 502 g/mol. The monoisotopic (exact) mass is 521 g/mol. The predicted octanol–water partition coefficient (Wildman–Crippen LogP) is 6.59. The quantitative estimate of drug-likeness (QED) is 0.247. The summed E-state index contributed by atoms with van der Waals surface area (Å²) in [6.07, 6.45) is -15.4. The molecule has 3 aromatic carbocycles. The van der Waals surface area contributed by atoms with Crippen LogP contribution < -0.4 is 15.2 Å². The highest BCUT2D eigenvalue weighted by atomic mass is 19.4. The molecule has 0 spiro atoms. The Hall–Kier alpha value is -3.38. The van der Waals surface area contributed by atoms with Gasteiger partial charge in [-0.15, -0.1) is 0 Å². The van der Waals surface area contributed by atoms with Crippen molar-refractivity contribution in [2.45, 2.75) is 36.8 Å². The van der Waals surface area contributed by atoms with Gasteiger partial charge in [-0.25, -0.2) is 4.39 Å². The van der Waals surface area contributed by atoms with Crippen LogP contribution >= 0.6 is 0 Å². The average molecular weight is 521 g/mol. The van der Waals surface area contributed by atoms with Gasteiger partial charge in [-0.05, 0) is 59.7 Å². The first-order chi connectivity index (χ1) is 16.7. The van der Waals surface area contributed by atoms with Crippen molar-refractivity contribution in [2.75, 3.05) is 0 Å². The summed E-state index contributed by atoms with van der Waals surface area (Å²) in [5.41, 5.74) is 1.46. The molecule has 4 nitrogen and oxygen atoms in total. The molecule has 0 aromatic heterocycles. The van der Waals surface area contributed by atoms with Crippen LogP contribution in [-0.2, 0) is 0 Å². The molecule has 0 saturated carbocycles. The van der Waals surface area contributed by atoms with Crippen molar-refractivity contribution in [1.82, 2.24) is 0 Å². The third kappa shape index (κ3) is 6.64. The van der Waals surface area contributed by atoms with Crippen LogP contribution in [0.25, 0.3) is 0 Å². The van der Waals surface area contributed by atoms with E-state index in [4.69, 9.17) is 10.5 Å². The van der Waals surface area contributed by atoms with E-state index in [1.54, 1.807) is 0 Å². The SMILES string of the molecule is NC(O)(CC(c1cccc(Oc2ccc(F)cc2)c1)c1cccc(OC(F)(F)C(F)F)c1)C(F)(F)F. The Labute approximate surface area is 199 Å². The van der Waals surface area contributed by atoms with E-state index in [9.17, 15) is 40.2 Å². The zero-order valence-corrected chi connectivity index (χ0v) is 18.2. The van der Waals surface area contributed by atoms with Gasteiger partial charge in [0.2, 0.25) is 5.72 Å². The fourth-order valence-electron chi connectivity index (χ4n) is 3.29. The Balaban J connectivity index is 2.01. The molecule has 0 fully saturated rings. The first kappa shape index (κ1) is 27.2. The minimum atomic E-state index is -5.26. The van der Waals surface area contributed by atoms with Crippen molar-refractivity contribution in [1.29, 1.82) is 0 Å². The van der Waals surface area contributed by atoms with Gasteiger partial charge in [0.1, 0.15) is 23.1 Å². The van der Waals surface area contributed by atoms with Gasteiger partial charge in [-0.2, -0.15) is 30.7 Å². The van der Waals surface area contributed by atoms with E-state index in [-0.39, 0.29) is 22.6 Å². The Kier molecular flexibility index (Phi) is 7.79. The third-order valence-electron chi connectivity index (χ3n) is 5.08. The van der Waals surface area contributed by atoms with Gasteiger partial charge in [0, 0.05) is 12.3 Å². The maximum Gasteiger partial charge on any atom is 0.461 e. The summed E-state index contributed by atoms with van der Waals surface area (Å²) in [6, 6.07) is 14.5. The largest absolute Gasteiger partial charge is 0.461 e. The molecule has 12 heteroatoms. The fourth-order valence-corrected chi connectivity index (χ4v) is 3.29. The zero-order valence-electron chi connectivity index (χ0n) is 18.2. The first-order valence-corrected chi connectivity index (χ1v) is 10.2. The molecule has 2 unspecified atom stereocenters. The van der Waals surface area contributed by atoms with E-state index in [2.05, 4.69) is 4.74 Å². The van der Waals surface area contributed by atoms with Gasteiger partial charge in [0.25, 0.3) is 0 Å². The number of aliphatic hydroxyl groups is 1. The summed E-state index contributed by atoms with van der Waals surface area (Å²) in [5, 5.41) is 9.94. The molecule has 3 rings (SSSR count). The number of benzene rings is 3. The molecule has 2 atom stereocenters. The highest BCUT2D eigenvalue weighted by Gasteiger charge is 2.52. The van der Waals surface area contributed by atoms with Crippen molar-refractivity contribution < 1.29 is 49.7 Å². The van der Waals surface area contributed by atoms with Crippen LogP contribution in [0.3, 0.4) is 0 Å². The number of rotatable bonds is 9. The van der Waals surface area contributed by atoms with Crippen molar-refractivity contribution in [2.24, 2.45) is 5.73 Å². The molecule has 0 aliphatic carbocycles. The molecule has 0 amide bonds. The maximum atomic E-state index is 13.4. The lowest BCUT2D eigenvalue weighted by Gasteiger charge is -2.31. The molecule has 0 bridgehead atoms. The van der Waals surface area contributed by atoms with Crippen LogP contribution in [-0.4, -0.2) is 29.5 Å². The van der Waals surface area contributed by atoms with Gasteiger partial charge in [-0.1, -0.05) is 24.3 Å². The summed E-state index contributed by atoms with van der Waals surface area (Å²) >= 11 is 0. The maximum absolute atomic E-state index is 13.4. The average Bonchev–Trinajstić information content (AvgIpc) is 2.78. The van der Waals surface area contributed by atoms with Crippen molar-refractivity contribution in [3.8, 4) is 17.2 Å². The smallest absolute Gasteiger partial charge is 0.457 e. The number of alkyl halides is 7. The van der Waals surface area contributed by atoms with Crippen LogP contribution in [0.2, 0.25) is 0 Å². The molecule has 3 aromatic rings. The molecular formula is C24H19F8NO3. The van der Waals surface area contributed by atoms with Crippen LogP contribution in [0.4, 0.5) is 35.1 Å². The summed E-state index contributed by atoms with van der Waals surface area (Å²) < 4.78 is 115. The fraction of sp³-hybridized carbons (Fsp3) is 0.250. The van der Waals surface area contributed by atoms with E-state index < -0.39 is 48.3 Å². The van der Waals surface area contributed by atoms with Crippen molar-refractivity contribution in [3.05, 3.63) is 89.7 Å². The van der Waals surface area contributed by atoms with Gasteiger partial charge >= 0.3 is 18.7 Å². The standard InChI is InChI=1S/C24H19F8NO3/c25-16-7-9-17(10-8-16)35-18-5-1-3-14(11-18)20(13-22(33,34)24(30,31)32)15-4-2-6-19(12-15)36-23(28,29)21(26)27/h1-12,20-21,34H,13,33H2. The highest BCUT2D eigenvalue weighted by Crippen LogP contribution is 2.40. The number of halogens is 8. The second-order valence-corrected chi connectivity index (χ2v) is 7.84. The third-order valence-corrected chi connectivity index (χ3v) is 5.08. The summed E-state index contributed by atoms with van der Waals surface area (Å²) in [5.74, 6) is -2.31. The van der Waals surface area contributed by atoms with Gasteiger partial charge in [-0.3, -0.25) is 5.73 Å². The molecule has 0 heterocycles. The zero-order chi connectivity index (χ0) is 26.7. The van der Waals surface area contributed by atoms with E-state index in [0.29, 0.717) is 0 Å². The molecule has 0 aliphatic rings. The molecule has 194 valence electrons. The lowest BCUT2D eigenvalue weighted by molar-refractivity contribution is -0.261. The van der Waals surface area contributed by atoms with Gasteiger partial charge < -0.3 is 14.6 Å². The lowest BCUT2D eigenvalue weighted by Crippen LogP contribution is -2.54. The Morgan fingerprint density at radius 2 is 1.31 bits per heavy atom. The predicted molar refractivity (Wildman–Crippen MR) is 113 cm³/mol. The number of nitrogens with two attached hydrogens (primary N) is 1. The van der Waals surface area contributed by atoms with Crippen LogP contribution in [0.1, 0.15) is 23.5 Å². The van der Waals surface area contributed by atoms with Crippen molar-refractivity contribution in [3.63, 3.8) is 0 Å². The first-order valence-electron chi connectivity index (χ1n) is 10.2. The Morgan fingerprint density at radius 1 is 0.778 bits per heavy atom. The second kappa shape index (κ2) is 10.3. The normalized spacial score (nSPS) is 14.9. The number of ether oxygens (including phenoxy) is 2. The minimum absolute atomic E-state index is 0.0929. The van der Waals surface area contributed by atoms with Gasteiger partial charge in [0.05, 0.1) is 0 Å². The second-order valence-electron chi connectivity index (χ2n) is 7.84. The number of hydrogen-bond donors (Lipinski definition) is 2. The molecule has 0 radical (unpaired) electrons. The van der Waals surface area contributed by atoms with Crippen LogP contribution in [0, 0.1) is 5.82 Å². The molecule has 36 heavy (non-hydrogen) atoms. The van der Waals surface area contributed by atoms with E-state index in [1.165, 1.54) is 42.5 Å². The summed E-state index contributed by atoms with van der Waals surface area (Å²) in [6.45, 7) is 0. The van der Waals surface area contributed by atoms with Crippen LogP contribution in [0.5, 0.6) is 17.2 Å². The van der Waals surface area contributed by atoms with E-state index in [1.807, 2.05) is 0 Å². The van der Waals surface area contributed by atoms with Crippen molar-refractivity contribution >= 4 is 0 Å². The number of hydrogen-bond acceptors (Lipinski definition) is 4. The van der Waals surface area contributed by atoms with E-state index >= 15 is 0 Å². The topological polar surface area (TPSA) is 64.7 Å². The minimum Gasteiger partial charge on any atom is -0.457 e. The molecule has 0 aliphatic heterocycles. The Morgan fingerprint density at radius 3 is 1.83 bits per heavy atom. The Bertz CT molecular complexity index is 1170. The highest BCUT2D eigenvalue weighted by molar-refractivity contribution is 5.42. The van der Waals surface area contributed by atoms with Crippen LogP contribution in [0.15, 0.2) is 72.8 Å². The summed E-state index contributed by atoms with van der Waals surface area (Å²) in [4.78, 5) is 0. The molecule has 3 N–H and O–H groups in total. The van der Waals surface area contributed by atoms with Gasteiger partial charge in [0.15, 0.2) is 0 Å². The lowest BCUT2D eigenvalue weighted by atomic mass is 9.84.